The second-order valence-electron chi connectivity index (χ2n) is 7.52. The summed E-state index contributed by atoms with van der Waals surface area (Å²) in [5.41, 5.74) is 7.16. The average molecular weight is 386 g/mol. The lowest BCUT2D eigenvalue weighted by atomic mass is 10.0. The molecule has 1 N–H and O–H groups in total. The molecular formula is C28H22N2. The molecule has 0 fully saturated rings. The Balaban J connectivity index is 1.54. The van der Waals surface area contributed by atoms with E-state index in [1.807, 2.05) is 36.4 Å². The Morgan fingerprint density at radius 1 is 0.633 bits per heavy atom. The molecule has 0 saturated heterocycles. The van der Waals surface area contributed by atoms with Gasteiger partial charge in [-0.15, -0.1) is 0 Å². The molecule has 0 aliphatic rings. The molecule has 1 heterocycles. The van der Waals surface area contributed by atoms with Crippen LogP contribution in [0.1, 0.15) is 18.1 Å². The SMILES string of the molecule is C/C(=C/C(=N)c1ccc(-n2c3ccccc3c3ccccc32)cc1)c1ccccc1. The van der Waals surface area contributed by atoms with Crippen molar-refractivity contribution in [2.24, 2.45) is 0 Å². The highest BCUT2D eigenvalue weighted by Crippen LogP contribution is 2.31. The molecule has 0 aliphatic heterocycles. The summed E-state index contributed by atoms with van der Waals surface area (Å²) in [6.07, 6.45) is 1.94. The largest absolute Gasteiger partial charge is 0.309 e. The number of hydrogen-bond donors (Lipinski definition) is 1. The van der Waals surface area contributed by atoms with Crippen LogP contribution in [0.3, 0.4) is 0 Å². The van der Waals surface area contributed by atoms with Crippen molar-refractivity contribution in [1.82, 2.24) is 4.57 Å². The Hall–Kier alpha value is -3.91. The molecule has 0 bridgehead atoms. The molecule has 0 unspecified atom stereocenters. The number of benzene rings is 4. The van der Waals surface area contributed by atoms with Gasteiger partial charge in [0.15, 0.2) is 0 Å². The first-order valence-corrected chi connectivity index (χ1v) is 10.1. The number of para-hydroxylation sites is 2. The summed E-state index contributed by atoms with van der Waals surface area (Å²) in [6.45, 7) is 2.05. The zero-order valence-corrected chi connectivity index (χ0v) is 16.8. The molecule has 0 amide bonds. The van der Waals surface area contributed by atoms with E-state index in [4.69, 9.17) is 5.41 Å². The first-order chi connectivity index (χ1) is 14.7. The maximum absolute atomic E-state index is 8.53. The van der Waals surface area contributed by atoms with Crippen molar-refractivity contribution in [1.29, 1.82) is 5.41 Å². The Bertz CT molecular complexity index is 1330. The van der Waals surface area contributed by atoms with Gasteiger partial charge in [0, 0.05) is 16.5 Å². The lowest BCUT2D eigenvalue weighted by Crippen LogP contribution is -1.98. The molecule has 144 valence electrons. The smallest absolute Gasteiger partial charge is 0.0615 e. The predicted octanol–water partition coefficient (Wildman–Crippen LogP) is 7.26. The number of aromatic nitrogens is 1. The zero-order valence-electron chi connectivity index (χ0n) is 16.8. The molecule has 0 radical (unpaired) electrons. The first-order valence-electron chi connectivity index (χ1n) is 10.1. The third kappa shape index (κ3) is 3.13. The van der Waals surface area contributed by atoms with E-state index >= 15 is 0 Å². The minimum atomic E-state index is 0.519. The standard InChI is InChI=1S/C28H22N2/c1-20(21-9-3-2-4-10-21)19-26(29)22-15-17-23(18-16-22)30-27-13-7-5-11-24(27)25-12-6-8-14-28(25)30/h2-19,29H,1H3/b20-19-,29-26?. The van der Waals surface area contributed by atoms with Crippen LogP contribution in [0.25, 0.3) is 33.1 Å². The van der Waals surface area contributed by atoms with E-state index < -0.39 is 0 Å². The van der Waals surface area contributed by atoms with E-state index in [9.17, 15) is 0 Å². The number of nitrogens with zero attached hydrogens (tertiary/aromatic N) is 1. The molecule has 30 heavy (non-hydrogen) atoms. The summed E-state index contributed by atoms with van der Waals surface area (Å²) in [5, 5.41) is 11.0. The van der Waals surface area contributed by atoms with Gasteiger partial charge in [-0.25, -0.2) is 0 Å². The van der Waals surface area contributed by atoms with E-state index in [1.54, 1.807) is 0 Å². The predicted molar refractivity (Wildman–Crippen MR) is 128 cm³/mol. The summed E-state index contributed by atoms with van der Waals surface area (Å²) in [7, 11) is 0. The Labute approximate surface area is 176 Å². The Morgan fingerprint density at radius 2 is 1.17 bits per heavy atom. The van der Waals surface area contributed by atoms with Crippen LogP contribution in [-0.2, 0) is 0 Å². The van der Waals surface area contributed by atoms with Gasteiger partial charge >= 0.3 is 0 Å². The second kappa shape index (κ2) is 7.49. The summed E-state index contributed by atoms with van der Waals surface area (Å²) < 4.78 is 2.29. The number of hydrogen-bond acceptors (Lipinski definition) is 1. The van der Waals surface area contributed by atoms with Crippen LogP contribution in [0.4, 0.5) is 0 Å². The highest BCUT2D eigenvalue weighted by molar-refractivity contribution is 6.11. The van der Waals surface area contributed by atoms with Crippen molar-refractivity contribution in [2.45, 2.75) is 6.92 Å². The van der Waals surface area contributed by atoms with E-state index in [1.165, 1.54) is 21.8 Å². The van der Waals surface area contributed by atoms with Crippen LogP contribution in [0, 0.1) is 5.41 Å². The molecule has 2 heteroatoms. The topological polar surface area (TPSA) is 28.8 Å². The second-order valence-corrected chi connectivity index (χ2v) is 7.52. The van der Waals surface area contributed by atoms with Gasteiger partial charge in [-0.3, -0.25) is 0 Å². The summed E-state index contributed by atoms with van der Waals surface area (Å²) in [6, 6.07) is 35.5. The van der Waals surface area contributed by atoms with Crippen LogP contribution < -0.4 is 0 Å². The normalized spacial score (nSPS) is 11.8. The fourth-order valence-electron chi connectivity index (χ4n) is 4.07. The van der Waals surface area contributed by atoms with Crippen molar-refractivity contribution in [3.8, 4) is 5.69 Å². The fourth-order valence-corrected chi connectivity index (χ4v) is 4.07. The van der Waals surface area contributed by atoms with Crippen molar-refractivity contribution >= 4 is 33.1 Å². The molecule has 5 aromatic rings. The molecular weight excluding hydrogens is 364 g/mol. The summed E-state index contributed by atoms with van der Waals surface area (Å²) in [4.78, 5) is 0. The lowest BCUT2D eigenvalue weighted by Gasteiger charge is -2.09. The molecule has 0 saturated carbocycles. The van der Waals surface area contributed by atoms with Crippen LogP contribution in [0.5, 0.6) is 0 Å². The molecule has 4 aromatic carbocycles. The number of rotatable bonds is 4. The van der Waals surface area contributed by atoms with Crippen molar-refractivity contribution in [2.75, 3.05) is 0 Å². The Morgan fingerprint density at radius 3 is 1.77 bits per heavy atom. The molecule has 0 spiro atoms. The average Bonchev–Trinajstić information content (AvgIpc) is 3.14. The lowest BCUT2D eigenvalue weighted by molar-refractivity contribution is 1.18. The van der Waals surface area contributed by atoms with Crippen LogP contribution in [0.2, 0.25) is 0 Å². The van der Waals surface area contributed by atoms with Gasteiger partial charge in [0.2, 0.25) is 0 Å². The number of fused-ring (bicyclic) bond motifs is 3. The number of allylic oxidation sites excluding steroid dienone is 2. The van der Waals surface area contributed by atoms with Crippen molar-refractivity contribution < 1.29 is 0 Å². The van der Waals surface area contributed by atoms with E-state index in [0.29, 0.717) is 5.71 Å². The van der Waals surface area contributed by atoms with Gasteiger partial charge in [0.1, 0.15) is 0 Å². The van der Waals surface area contributed by atoms with Gasteiger partial charge in [0.05, 0.1) is 16.7 Å². The molecule has 0 aliphatic carbocycles. The van der Waals surface area contributed by atoms with Gasteiger partial charge in [0.25, 0.3) is 0 Å². The summed E-state index contributed by atoms with van der Waals surface area (Å²) in [5.74, 6) is 0. The Kier molecular flexibility index (Phi) is 4.53. The minimum Gasteiger partial charge on any atom is -0.309 e. The first kappa shape index (κ1) is 18.1. The molecule has 5 rings (SSSR count). The van der Waals surface area contributed by atoms with Gasteiger partial charge in [-0.1, -0.05) is 78.9 Å². The van der Waals surface area contributed by atoms with Gasteiger partial charge in [-0.05, 0) is 54.0 Å². The number of nitrogens with one attached hydrogen (secondary N) is 1. The maximum atomic E-state index is 8.53. The highest BCUT2D eigenvalue weighted by atomic mass is 15.0. The highest BCUT2D eigenvalue weighted by Gasteiger charge is 2.11. The van der Waals surface area contributed by atoms with E-state index in [2.05, 4.69) is 84.3 Å². The monoisotopic (exact) mass is 386 g/mol. The van der Waals surface area contributed by atoms with Crippen LogP contribution in [-0.4, -0.2) is 10.3 Å². The van der Waals surface area contributed by atoms with Gasteiger partial charge < -0.3 is 9.98 Å². The molecule has 2 nitrogen and oxygen atoms in total. The third-order valence-electron chi connectivity index (χ3n) is 5.61. The molecule has 1 aromatic heterocycles. The van der Waals surface area contributed by atoms with Gasteiger partial charge in [-0.2, -0.15) is 0 Å². The van der Waals surface area contributed by atoms with Crippen molar-refractivity contribution in [3.63, 3.8) is 0 Å². The maximum Gasteiger partial charge on any atom is 0.0615 e. The van der Waals surface area contributed by atoms with Crippen molar-refractivity contribution in [3.05, 3.63) is 120 Å². The van der Waals surface area contributed by atoms with Crippen LogP contribution >= 0.6 is 0 Å². The summed E-state index contributed by atoms with van der Waals surface area (Å²) >= 11 is 0. The zero-order chi connectivity index (χ0) is 20.5. The molecule has 0 atom stereocenters. The fraction of sp³-hybridized carbons (Fsp3) is 0.0357. The van der Waals surface area contributed by atoms with Crippen LogP contribution in [0.15, 0.2) is 109 Å². The minimum absolute atomic E-state index is 0.519. The van der Waals surface area contributed by atoms with E-state index in [-0.39, 0.29) is 0 Å². The quantitative estimate of drug-likeness (QED) is 0.315. The third-order valence-corrected chi connectivity index (χ3v) is 5.61. The van der Waals surface area contributed by atoms with E-state index in [0.717, 1.165) is 22.4 Å².